The fourth-order valence-corrected chi connectivity index (χ4v) is 2.46. The zero-order chi connectivity index (χ0) is 13.2. The number of primary amides is 1. The molecule has 0 bridgehead atoms. The van der Waals surface area contributed by atoms with Crippen LogP contribution < -0.4 is 11.1 Å². The standard InChI is InChI=1S/C13H18FN3O/c1-13(12(15)18,17-11-4-2-3-5-11)9-6-10(14)8-16-7-9/h6-8,11,17H,2-5H2,1H3,(H2,15,18). The van der Waals surface area contributed by atoms with Crippen LogP contribution in [0.5, 0.6) is 0 Å². The molecule has 4 nitrogen and oxygen atoms in total. The summed E-state index contributed by atoms with van der Waals surface area (Å²) in [4.78, 5) is 15.5. The molecule has 2 rings (SSSR count). The van der Waals surface area contributed by atoms with Gasteiger partial charge in [-0.25, -0.2) is 4.39 Å². The molecule has 5 heteroatoms. The van der Waals surface area contributed by atoms with Gasteiger partial charge < -0.3 is 5.73 Å². The summed E-state index contributed by atoms with van der Waals surface area (Å²) in [7, 11) is 0. The molecule has 1 saturated carbocycles. The van der Waals surface area contributed by atoms with Crippen molar-refractivity contribution in [3.8, 4) is 0 Å². The number of aromatic nitrogens is 1. The molecule has 0 aliphatic heterocycles. The number of amides is 1. The number of rotatable bonds is 4. The van der Waals surface area contributed by atoms with E-state index in [1.165, 1.54) is 12.3 Å². The molecular formula is C13H18FN3O. The molecule has 1 unspecified atom stereocenters. The van der Waals surface area contributed by atoms with E-state index in [1.54, 1.807) is 6.92 Å². The Morgan fingerprint density at radius 1 is 1.50 bits per heavy atom. The highest BCUT2D eigenvalue weighted by Crippen LogP contribution is 2.26. The minimum absolute atomic E-state index is 0.255. The maximum Gasteiger partial charge on any atom is 0.242 e. The highest BCUT2D eigenvalue weighted by molar-refractivity contribution is 5.85. The first-order valence-electron chi connectivity index (χ1n) is 6.21. The summed E-state index contributed by atoms with van der Waals surface area (Å²) in [6, 6.07) is 1.56. The van der Waals surface area contributed by atoms with Crippen molar-refractivity contribution in [3.63, 3.8) is 0 Å². The summed E-state index contributed by atoms with van der Waals surface area (Å²) in [5.41, 5.74) is 4.89. The van der Waals surface area contributed by atoms with Crippen molar-refractivity contribution < 1.29 is 9.18 Å². The van der Waals surface area contributed by atoms with Gasteiger partial charge in [0.15, 0.2) is 0 Å². The maximum absolute atomic E-state index is 13.2. The average molecular weight is 251 g/mol. The van der Waals surface area contributed by atoms with Crippen molar-refractivity contribution in [1.82, 2.24) is 10.3 Å². The lowest BCUT2D eigenvalue weighted by Gasteiger charge is -2.31. The third-order valence-corrected chi connectivity index (χ3v) is 3.62. The second kappa shape index (κ2) is 5.02. The zero-order valence-corrected chi connectivity index (χ0v) is 10.4. The smallest absolute Gasteiger partial charge is 0.242 e. The first-order chi connectivity index (χ1) is 8.52. The molecule has 0 spiro atoms. The molecule has 1 atom stereocenters. The Bertz CT molecular complexity index is 446. The van der Waals surface area contributed by atoms with Gasteiger partial charge >= 0.3 is 0 Å². The molecule has 0 aromatic carbocycles. The number of nitrogens with one attached hydrogen (secondary N) is 1. The molecule has 0 radical (unpaired) electrons. The number of nitrogens with zero attached hydrogens (tertiary/aromatic N) is 1. The summed E-state index contributed by atoms with van der Waals surface area (Å²) in [5.74, 6) is -0.977. The van der Waals surface area contributed by atoms with Gasteiger partial charge in [-0.2, -0.15) is 0 Å². The Kier molecular flexibility index (Phi) is 3.61. The van der Waals surface area contributed by atoms with Gasteiger partial charge in [0, 0.05) is 17.8 Å². The first kappa shape index (κ1) is 13.0. The van der Waals surface area contributed by atoms with E-state index < -0.39 is 17.3 Å². The van der Waals surface area contributed by atoms with Crippen LogP contribution >= 0.6 is 0 Å². The van der Waals surface area contributed by atoms with E-state index in [0.717, 1.165) is 31.9 Å². The lowest BCUT2D eigenvalue weighted by Crippen LogP contribution is -2.53. The van der Waals surface area contributed by atoms with Crippen LogP contribution in [0.1, 0.15) is 38.2 Å². The van der Waals surface area contributed by atoms with Crippen molar-refractivity contribution in [2.24, 2.45) is 5.73 Å². The monoisotopic (exact) mass is 251 g/mol. The Hall–Kier alpha value is -1.49. The second-order valence-corrected chi connectivity index (χ2v) is 5.01. The van der Waals surface area contributed by atoms with Crippen LogP contribution in [0.4, 0.5) is 4.39 Å². The zero-order valence-electron chi connectivity index (χ0n) is 10.4. The molecule has 18 heavy (non-hydrogen) atoms. The van der Waals surface area contributed by atoms with Crippen LogP contribution in [-0.4, -0.2) is 16.9 Å². The van der Waals surface area contributed by atoms with Gasteiger partial charge in [-0.1, -0.05) is 12.8 Å². The Morgan fingerprint density at radius 2 is 2.17 bits per heavy atom. The van der Waals surface area contributed by atoms with Gasteiger partial charge in [0.2, 0.25) is 5.91 Å². The van der Waals surface area contributed by atoms with E-state index in [9.17, 15) is 9.18 Å². The predicted octanol–water partition coefficient (Wildman–Crippen LogP) is 1.45. The first-order valence-corrected chi connectivity index (χ1v) is 6.21. The van der Waals surface area contributed by atoms with Gasteiger partial charge in [-0.15, -0.1) is 0 Å². The molecule has 1 aliphatic carbocycles. The summed E-state index contributed by atoms with van der Waals surface area (Å²) in [6.45, 7) is 1.68. The van der Waals surface area contributed by atoms with E-state index in [2.05, 4.69) is 10.3 Å². The Morgan fingerprint density at radius 3 is 2.72 bits per heavy atom. The molecule has 1 fully saturated rings. The van der Waals surface area contributed by atoms with Gasteiger partial charge in [-0.05, 0) is 25.8 Å². The molecule has 1 aromatic heterocycles. The summed E-state index contributed by atoms with van der Waals surface area (Å²) >= 11 is 0. The highest BCUT2D eigenvalue weighted by Gasteiger charge is 2.36. The van der Waals surface area contributed by atoms with Crippen LogP contribution in [-0.2, 0) is 10.3 Å². The van der Waals surface area contributed by atoms with E-state index in [0.29, 0.717) is 5.56 Å². The second-order valence-electron chi connectivity index (χ2n) is 5.01. The third-order valence-electron chi connectivity index (χ3n) is 3.62. The van der Waals surface area contributed by atoms with Gasteiger partial charge in [0.05, 0.1) is 6.20 Å². The largest absolute Gasteiger partial charge is 0.368 e. The summed E-state index contributed by atoms with van der Waals surface area (Å²) in [6.07, 6.45) is 6.93. The molecule has 3 N–H and O–H groups in total. The fraction of sp³-hybridized carbons (Fsp3) is 0.538. The Labute approximate surface area is 106 Å². The van der Waals surface area contributed by atoms with Crippen molar-refractivity contribution in [2.45, 2.75) is 44.2 Å². The van der Waals surface area contributed by atoms with Crippen LogP contribution in [0.2, 0.25) is 0 Å². The van der Waals surface area contributed by atoms with Crippen molar-refractivity contribution >= 4 is 5.91 Å². The lowest BCUT2D eigenvalue weighted by atomic mass is 9.91. The van der Waals surface area contributed by atoms with Crippen molar-refractivity contribution in [1.29, 1.82) is 0 Å². The van der Waals surface area contributed by atoms with Crippen LogP contribution in [0.3, 0.4) is 0 Å². The molecular weight excluding hydrogens is 233 g/mol. The SMILES string of the molecule is CC(NC1CCCC1)(C(N)=O)c1cncc(F)c1. The van der Waals surface area contributed by atoms with Gasteiger partial charge in [0.25, 0.3) is 0 Å². The van der Waals surface area contributed by atoms with E-state index >= 15 is 0 Å². The lowest BCUT2D eigenvalue weighted by molar-refractivity contribution is -0.124. The van der Waals surface area contributed by atoms with E-state index in [1.807, 2.05) is 0 Å². The number of pyridine rings is 1. The van der Waals surface area contributed by atoms with Crippen molar-refractivity contribution in [3.05, 3.63) is 29.8 Å². The molecule has 1 amide bonds. The number of nitrogens with two attached hydrogens (primary N) is 1. The third kappa shape index (κ3) is 2.51. The summed E-state index contributed by atoms with van der Waals surface area (Å²) < 4.78 is 13.2. The van der Waals surface area contributed by atoms with Crippen LogP contribution in [0.25, 0.3) is 0 Å². The Balaban J connectivity index is 2.28. The molecule has 1 heterocycles. The van der Waals surface area contributed by atoms with Crippen LogP contribution in [0.15, 0.2) is 18.5 Å². The quantitative estimate of drug-likeness (QED) is 0.851. The maximum atomic E-state index is 13.2. The molecule has 1 aromatic rings. The molecule has 1 aliphatic rings. The summed E-state index contributed by atoms with van der Waals surface area (Å²) in [5, 5.41) is 3.25. The fourth-order valence-electron chi connectivity index (χ4n) is 2.46. The van der Waals surface area contributed by atoms with Crippen LogP contribution in [0, 0.1) is 5.82 Å². The number of halogens is 1. The normalized spacial score (nSPS) is 19.7. The number of carbonyl (C=O) groups is 1. The van der Waals surface area contributed by atoms with Gasteiger partial charge in [-0.3, -0.25) is 15.1 Å². The van der Waals surface area contributed by atoms with Gasteiger partial charge in [0.1, 0.15) is 11.4 Å². The van der Waals surface area contributed by atoms with Crippen molar-refractivity contribution in [2.75, 3.05) is 0 Å². The highest BCUT2D eigenvalue weighted by atomic mass is 19.1. The number of hydrogen-bond acceptors (Lipinski definition) is 3. The number of hydrogen-bond donors (Lipinski definition) is 2. The minimum atomic E-state index is -1.07. The molecule has 0 saturated heterocycles. The van der Waals surface area contributed by atoms with E-state index in [4.69, 9.17) is 5.73 Å². The predicted molar refractivity (Wildman–Crippen MR) is 66.1 cm³/mol. The topological polar surface area (TPSA) is 68.0 Å². The molecule has 98 valence electrons. The average Bonchev–Trinajstić information content (AvgIpc) is 2.81. The van der Waals surface area contributed by atoms with E-state index in [-0.39, 0.29) is 6.04 Å². The minimum Gasteiger partial charge on any atom is -0.368 e. The number of carbonyl (C=O) groups excluding carboxylic acids is 1.